The first-order valence-corrected chi connectivity index (χ1v) is 5.89. The average Bonchev–Trinajstić information content (AvgIpc) is 2.95. The molecule has 0 bridgehead atoms. The second-order valence-electron chi connectivity index (χ2n) is 3.68. The smallest absolute Gasteiger partial charge is 0.307 e. The first-order valence-electron chi connectivity index (χ1n) is 5.89. The number of furan rings is 1. The van der Waals surface area contributed by atoms with Crippen LogP contribution in [0.5, 0.6) is 5.75 Å². The second-order valence-corrected chi connectivity index (χ2v) is 3.68. The van der Waals surface area contributed by atoms with Crippen LogP contribution in [0.1, 0.15) is 23.0 Å². The van der Waals surface area contributed by atoms with E-state index in [9.17, 15) is 4.79 Å². The summed E-state index contributed by atoms with van der Waals surface area (Å²) in [4.78, 5) is 11.5. The molecule has 19 heavy (non-hydrogen) atoms. The van der Waals surface area contributed by atoms with Crippen molar-refractivity contribution in [3.63, 3.8) is 0 Å². The predicted molar refractivity (Wildman–Crippen MR) is 71.4 cm³/mol. The van der Waals surface area contributed by atoms with Crippen LogP contribution in [-0.2, 0) is 0 Å². The number of hydrogen-bond acceptors (Lipinski definition) is 4. The van der Waals surface area contributed by atoms with Crippen molar-refractivity contribution in [2.24, 2.45) is 5.10 Å². The number of hydrazone groups is 1. The number of amides is 1. The third kappa shape index (κ3) is 3.70. The lowest BCUT2D eigenvalue weighted by Crippen LogP contribution is -2.16. The third-order valence-corrected chi connectivity index (χ3v) is 2.32. The van der Waals surface area contributed by atoms with E-state index >= 15 is 0 Å². The summed E-state index contributed by atoms with van der Waals surface area (Å²) in [6, 6.07) is 10.6. The van der Waals surface area contributed by atoms with Gasteiger partial charge in [0, 0.05) is 0 Å². The fraction of sp³-hybridized carbons (Fsp3) is 0.143. The lowest BCUT2D eigenvalue weighted by atomic mass is 10.2. The Hall–Kier alpha value is -2.56. The van der Waals surface area contributed by atoms with E-state index in [2.05, 4.69) is 10.5 Å². The molecule has 0 saturated heterocycles. The van der Waals surface area contributed by atoms with Crippen molar-refractivity contribution in [3.8, 4) is 5.75 Å². The highest BCUT2D eigenvalue weighted by molar-refractivity contribution is 5.92. The first kappa shape index (κ1) is 12.9. The maximum Gasteiger partial charge on any atom is 0.307 e. The topological polar surface area (TPSA) is 63.8 Å². The lowest BCUT2D eigenvalue weighted by Gasteiger charge is -2.02. The molecular weight excluding hydrogens is 244 g/mol. The molecule has 2 aromatic rings. The molecule has 0 spiro atoms. The van der Waals surface area contributed by atoms with Crippen LogP contribution in [0.4, 0.5) is 0 Å². The molecule has 1 N–H and O–H groups in total. The number of ether oxygens (including phenoxy) is 1. The van der Waals surface area contributed by atoms with Crippen LogP contribution < -0.4 is 10.2 Å². The number of rotatable bonds is 5. The Balaban J connectivity index is 1.90. The molecule has 5 nitrogen and oxygen atoms in total. The molecule has 0 unspecified atom stereocenters. The van der Waals surface area contributed by atoms with Gasteiger partial charge in [0.2, 0.25) is 0 Å². The van der Waals surface area contributed by atoms with Gasteiger partial charge in [0.25, 0.3) is 0 Å². The Morgan fingerprint density at radius 3 is 2.79 bits per heavy atom. The van der Waals surface area contributed by atoms with E-state index in [-0.39, 0.29) is 11.7 Å². The van der Waals surface area contributed by atoms with Crippen molar-refractivity contribution in [3.05, 3.63) is 54.0 Å². The van der Waals surface area contributed by atoms with Gasteiger partial charge in [-0.15, -0.1) is 0 Å². The second kappa shape index (κ2) is 6.39. The van der Waals surface area contributed by atoms with Gasteiger partial charge in [0.05, 0.1) is 19.1 Å². The van der Waals surface area contributed by atoms with Gasteiger partial charge in [-0.05, 0) is 48.9 Å². The SMILES string of the molecule is CCOc1ccc(/C=N/NC(=O)c2ccco2)cc1. The summed E-state index contributed by atoms with van der Waals surface area (Å²) in [5.74, 6) is 0.648. The standard InChI is InChI=1S/C14H14N2O3/c1-2-18-12-7-5-11(6-8-12)10-15-16-14(17)13-4-3-9-19-13/h3-10H,2H2,1H3,(H,16,17)/b15-10+. The first-order chi connectivity index (χ1) is 9.29. The minimum Gasteiger partial charge on any atom is -0.494 e. The van der Waals surface area contributed by atoms with Gasteiger partial charge in [-0.3, -0.25) is 4.79 Å². The van der Waals surface area contributed by atoms with Crippen LogP contribution in [0.15, 0.2) is 52.2 Å². The van der Waals surface area contributed by atoms with E-state index in [0.29, 0.717) is 6.61 Å². The van der Waals surface area contributed by atoms with Crippen molar-refractivity contribution < 1.29 is 13.9 Å². The summed E-state index contributed by atoms with van der Waals surface area (Å²) in [5, 5.41) is 3.85. The van der Waals surface area contributed by atoms with E-state index in [0.717, 1.165) is 11.3 Å². The van der Waals surface area contributed by atoms with Crippen LogP contribution in [-0.4, -0.2) is 18.7 Å². The van der Waals surface area contributed by atoms with Gasteiger partial charge in [0.1, 0.15) is 5.75 Å². The van der Waals surface area contributed by atoms with Gasteiger partial charge in [-0.2, -0.15) is 5.10 Å². The zero-order valence-electron chi connectivity index (χ0n) is 10.5. The number of hydrogen-bond donors (Lipinski definition) is 1. The molecule has 1 aromatic heterocycles. The molecule has 0 fully saturated rings. The molecule has 5 heteroatoms. The summed E-state index contributed by atoms with van der Waals surface area (Å²) in [6.45, 7) is 2.56. The molecular formula is C14H14N2O3. The Morgan fingerprint density at radius 2 is 2.16 bits per heavy atom. The normalized spacial score (nSPS) is 10.6. The summed E-state index contributed by atoms with van der Waals surface area (Å²) < 4.78 is 10.3. The van der Waals surface area contributed by atoms with Gasteiger partial charge < -0.3 is 9.15 Å². The number of nitrogens with one attached hydrogen (secondary N) is 1. The van der Waals surface area contributed by atoms with Crippen LogP contribution in [0.25, 0.3) is 0 Å². The highest BCUT2D eigenvalue weighted by atomic mass is 16.5. The van der Waals surface area contributed by atoms with Gasteiger partial charge in [-0.25, -0.2) is 5.43 Å². The zero-order valence-corrected chi connectivity index (χ0v) is 10.5. The van der Waals surface area contributed by atoms with E-state index < -0.39 is 0 Å². The summed E-state index contributed by atoms with van der Waals surface area (Å²) >= 11 is 0. The van der Waals surface area contributed by atoms with Crippen molar-refractivity contribution in [1.29, 1.82) is 0 Å². The molecule has 0 atom stereocenters. The van der Waals surface area contributed by atoms with Gasteiger partial charge >= 0.3 is 5.91 Å². The maximum atomic E-state index is 11.5. The molecule has 1 aromatic carbocycles. The molecule has 0 radical (unpaired) electrons. The number of nitrogens with zero attached hydrogens (tertiary/aromatic N) is 1. The quantitative estimate of drug-likeness (QED) is 0.661. The third-order valence-electron chi connectivity index (χ3n) is 2.32. The van der Waals surface area contributed by atoms with E-state index in [1.807, 2.05) is 31.2 Å². The van der Waals surface area contributed by atoms with Crippen LogP contribution in [0.2, 0.25) is 0 Å². The number of benzene rings is 1. The van der Waals surface area contributed by atoms with Crippen molar-refractivity contribution in [2.45, 2.75) is 6.92 Å². The van der Waals surface area contributed by atoms with E-state index in [1.54, 1.807) is 18.3 Å². The minimum absolute atomic E-state index is 0.226. The minimum atomic E-state index is -0.382. The highest BCUT2D eigenvalue weighted by Gasteiger charge is 2.05. The summed E-state index contributed by atoms with van der Waals surface area (Å²) in [6.07, 6.45) is 2.99. The van der Waals surface area contributed by atoms with Gasteiger partial charge in [0.15, 0.2) is 5.76 Å². The van der Waals surface area contributed by atoms with Crippen LogP contribution >= 0.6 is 0 Å². The molecule has 2 rings (SSSR count). The van der Waals surface area contributed by atoms with Gasteiger partial charge in [-0.1, -0.05) is 0 Å². The Morgan fingerprint density at radius 1 is 1.37 bits per heavy atom. The highest BCUT2D eigenvalue weighted by Crippen LogP contribution is 2.10. The largest absolute Gasteiger partial charge is 0.494 e. The fourth-order valence-electron chi connectivity index (χ4n) is 1.45. The summed E-state index contributed by atoms with van der Waals surface area (Å²) in [7, 11) is 0. The molecule has 1 heterocycles. The van der Waals surface area contributed by atoms with Crippen molar-refractivity contribution in [2.75, 3.05) is 6.61 Å². The molecule has 98 valence electrons. The monoisotopic (exact) mass is 258 g/mol. The number of carbonyl (C=O) groups excluding carboxylic acids is 1. The Kier molecular flexibility index (Phi) is 4.34. The maximum absolute atomic E-state index is 11.5. The average molecular weight is 258 g/mol. The lowest BCUT2D eigenvalue weighted by molar-refractivity contribution is 0.0927. The van der Waals surface area contributed by atoms with Crippen LogP contribution in [0, 0.1) is 0 Å². The molecule has 0 saturated carbocycles. The van der Waals surface area contributed by atoms with E-state index in [4.69, 9.17) is 9.15 Å². The fourth-order valence-corrected chi connectivity index (χ4v) is 1.45. The molecule has 0 aliphatic heterocycles. The molecule has 1 amide bonds. The molecule has 0 aliphatic rings. The Labute approximate surface area is 110 Å². The number of carbonyl (C=O) groups is 1. The predicted octanol–water partition coefficient (Wildman–Crippen LogP) is 2.44. The van der Waals surface area contributed by atoms with Crippen molar-refractivity contribution >= 4 is 12.1 Å². The Bertz CT molecular complexity index is 545. The zero-order chi connectivity index (χ0) is 13.5. The van der Waals surface area contributed by atoms with E-state index in [1.165, 1.54) is 6.26 Å². The van der Waals surface area contributed by atoms with Crippen LogP contribution in [0.3, 0.4) is 0 Å². The molecule has 0 aliphatic carbocycles. The summed E-state index contributed by atoms with van der Waals surface area (Å²) in [5.41, 5.74) is 3.24. The van der Waals surface area contributed by atoms with Crippen molar-refractivity contribution in [1.82, 2.24) is 5.43 Å².